The molecule has 0 spiro atoms. The average molecular weight is 348 g/mol. The van der Waals surface area contributed by atoms with Crippen LogP contribution >= 0.6 is 0 Å². The van der Waals surface area contributed by atoms with Crippen LogP contribution in [-0.4, -0.2) is 61.0 Å². The normalized spacial score (nSPS) is 17.4. The van der Waals surface area contributed by atoms with E-state index in [0.717, 1.165) is 51.3 Å². The molecule has 5 N–H and O–H groups in total. The standard InChI is InChI=1S/C19H33N5O/c1-2-23-10-12-24(13-11-23)15-17-7-5-16(6-8-17)14-22-19(25)18(21)4-3-9-20/h5-8,18H,2-4,9-15,20-21H2,1H3,(H,22,25). The Bertz CT molecular complexity index is 511. The zero-order chi connectivity index (χ0) is 18.1. The van der Waals surface area contributed by atoms with Crippen molar-refractivity contribution >= 4 is 5.91 Å². The van der Waals surface area contributed by atoms with Crippen molar-refractivity contribution in [2.75, 3.05) is 39.3 Å². The minimum absolute atomic E-state index is 0.105. The first-order chi connectivity index (χ1) is 12.1. The van der Waals surface area contributed by atoms with E-state index in [1.54, 1.807) is 0 Å². The van der Waals surface area contributed by atoms with Gasteiger partial charge in [-0.25, -0.2) is 0 Å². The monoisotopic (exact) mass is 347 g/mol. The largest absolute Gasteiger partial charge is 0.351 e. The van der Waals surface area contributed by atoms with Gasteiger partial charge in [0.15, 0.2) is 0 Å². The van der Waals surface area contributed by atoms with Gasteiger partial charge in [0.1, 0.15) is 0 Å². The molecular formula is C19H33N5O. The van der Waals surface area contributed by atoms with E-state index in [1.807, 2.05) is 0 Å². The van der Waals surface area contributed by atoms with Gasteiger partial charge < -0.3 is 21.7 Å². The van der Waals surface area contributed by atoms with Gasteiger partial charge in [0, 0.05) is 39.3 Å². The van der Waals surface area contributed by atoms with Crippen LogP contribution in [0.1, 0.15) is 30.9 Å². The zero-order valence-electron chi connectivity index (χ0n) is 15.4. The second-order valence-electron chi connectivity index (χ2n) is 6.78. The Balaban J connectivity index is 1.73. The summed E-state index contributed by atoms with van der Waals surface area (Å²) in [6.45, 7) is 10.0. The maximum atomic E-state index is 11.9. The summed E-state index contributed by atoms with van der Waals surface area (Å²) in [5, 5.41) is 2.90. The molecule has 1 unspecified atom stereocenters. The number of hydrogen-bond donors (Lipinski definition) is 3. The highest BCUT2D eigenvalue weighted by atomic mass is 16.2. The van der Waals surface area contributed by atoms with Crippen LogP contribution in [0.3, 0.4) is 0 Å². The van der Waals surface area contributed by atoms with Crippen molar-refractivity contribution < 1.29 is 4.79 Å². The number of benzene rings is 1. The smallest absolute Gasteiger partial charge is 0.237 e. The molecule has 0 aromatic heterocycles. The number of carbonyl (C=O) groups is 1. The molecule has 6 heteroatoms. The molecule has 1 fully saturated rings. The molecule has 0 aliphatic carbocycles. The Morgan fingerprint density at radius 3 is 2.32 bits per heavy atom. The lowest BCUT2D eigenvalue weighted by Gasteiger charge is -2.34. The molecule has 1 atom stereocenters. The molecule has 1 aromatic carbocycles. The van der Waals surface area contributed by atoms with Crippen LogP contribution < -0.4 is 16.8 Å². The van der Waals surface area contributed by atoms with Gasteiger partial charge >= 0.3 is 0 Å². The summed E-state index contributed by atoms with van der Waals surface area (Å²) < 4.78 is 0. The van der Waals surface area contributed by atoms with Gasteiger partial charge in [-0.05, 0) is 37.1 Å². The maximum absolute atomic E-state index is 11.9. The van der Waals surface area contributed by atoms with Crippen LogP contribution in [0.25, 0.3) is 0 Å². The fraction of sp³-hybridized carbons (Fsp3) is 0.632. The van der Waals surface area contributed by atoms with Crippen molar-refractivity contribution in [1.29, 1.82) is 0 Å². The van der Waals surface area contributed by atoms with E-state index in [0.29, 0.717) is 19.5 Å². The van der Waals surface area contributed by atoms with Gasteiger partial charge in [0.2, 0.25) is 5.91 Å². The molecule has 1 aliphatic heterocycles. The molecule has 2 rings (SSSR count). The fourth-order valence-electron chi connectivity index (χ4n) is 3.07. The topological polar surface area (TPSA) is 87.6 Å². The van der Waals surface area contributed by atoms with E-state index in [-0.39, 0.29) is 5.91 Å². The molecule has 1 heterocycles. The van der Waals surface area contributed by atoms with Crippen molar-refractivity contribution in [3.05, 3.63) is 35.4 Å². The Hall–Kier alpha value is -1.47. The number of rotatable bonds is 9. The van der Waals surface area contributed by atoms with Crippen molar-refractivity contribution in [1.82, 2.24) is 15.1 Å². The summed E-state index contributed by atoms with van der Waals surface area (Å²) in [5.41, 5.74) is 13.7. The molecule has 0 saturated carbocycles. The van der Waals surface area contributed by atoms with Gasteiger partial charge in [-0.3, -0.25) is 9.69 Å². The third-order valence-corrected chi connectivity index (χ3v) is 4.86. The van der Waals surface area contributed by atoms with Crippen molar-refractivity contribution in [2.45, 2.75) is 38.9 Å². The highest BCUT2D eigenvalue weighted by Gasteiger charge is 2.15. The number of nitrogens with one attached hydrogen (secondary N) is 1. The average Bonchev–Trinajstić information content (AvgIpc) is 2.65. The highest BCUT2D eigenvalue weighted by molar-refractivity contribution is 5.81. The second-order valence-corrected chi connectivity index (χ2v) is 6.78. The summed E-state index contributed by atoms with van der Waals surface area (Å²) in [4.78, 5) is 16.9. The molecule has 0 bridgehead atoms. The van der Waals surface area contributed by atoms with Gasteiger partial charge in [-0.15, -0.1) is 0 Å². The van der Waals surface area contributed by atoms with Crippen molar-refractivity contribution in [3.8, 4) is 0 Å². The molecule has 140 valence electrons. The summed E-state index contributed by atoms with van der Waals surface area (Å²) >= 11 is 0. The Morgan fingerprint density at radius 1 is 1.12 bits per heavy atom. The third kappa shape index (κ3) is 6.74. The van der Waals surface area contributed by atoms with Crippen LogP contribution in [0.5, 0.6) is 0 Å². The van der Waals surface area contributed by atoms with E-state index in [2.05, 4.69) is 46.3 Å². The van der Waals surface area contributed by atoms with Gasteiger partial charge in [-0.1, -0.05) is 31.2 Å². The summed E-state index contributed by atoms with van der Waals surface area (Å²) in [7, 11) is 0. The minimum Gasteiger partial charge on any atom is -0.351 e. The lowest BCUT2D eigenvalue weighted by molar-refractivity contribution is -0.122. The van der Waals surface area contributed by atoms with E-state index in [1.165, 1.54) is 5.56 Å². The van der Waals surface area contributed by atoms with Crippen LogP contribution in [0.4, 0.5) is 0 Å². The highest BCUT2D eigenvalue weighted by Crippen LogP contribution is 2.10. The number of amides is 1. The molecule has 1 saturated heterocycles. The van der Waals surface area contributed by atoms with Crippen molar-refractivity contribution in [3.63, 3.8) is 0 Å². The third-order valence-electron chi connectivity index (χ3n) is 4.86. The quantitative estimate of drug-likeness (QED) is 0.606. The van der Waals surface area contributed by atoms with Crippen LogP contribution in [0.2, 0.25) is 0 Å². The first-order valence-electron chi connectivity index (χ1n) is 9.38. The molecule has 6 nitrogen and oxygen atoms in total. The summed E-state index contributed by atoms with van der Waals surface area (Å²) in [6, 6.07) is 8.01. The maximum Gasteiger partial charge on any atom is 0.237 e. The first kappa shape index (κ1) is 19.8. The van der Waals surface area contributed by atoms with E-state index in [9.17, 15) is 4.79 Å². The summed E-state index contributed by atoms with van der Waals surface area (Å²) in [5.74, 6) is -0.105. The van der Waals surface area contributed by atoms with Crippen LogP contribution in [0, 0.1) is 0 Å². The Morgan fingerprint density at radius 2 is 1.72 bits per heavy atom. The second kappa shape index (κ2) is 10.5. The number of nitrogens with zero attached hydrogens (tertiary/aromatic N) is 2. The molecule has 25 heavy (non-hydrogen) atoms. The molecule has 1 aromatic rings. The lowest BCUT2D eigenvalue weighted by Crippen LogP contribution is -2.45. The number of carbonyl (C=O) groups excluding carboxylic acids is 1. The minimum atomic E-state index is -0.468. The van der Waals surface area contributed by atoms with Crippen LogP contribution in [-0.2, 0) is 17.9 Å². The molecular weight excluding hydrogens is 314 g/mol. The van der Waals surface area contributed by atoms with E-state index >= 15 is 0 Å². The number of piperazine rings is 1. The Kier molecular flexibility index (Phi) is 8.34. The predicted molar refractivity (Wildman–Crippen MR) is 102 cm³/mol. The fourth-order valence-corrected chi connectivity index (χ4v) is 3.07. The first-order valence-corrected chi connectivity index (χ1v) is 9.38. The lowest BCUT2D eigenvalue weighted by atomic mass is 10.1. The van der Waals surface area contributed by atoms with E-state index in [4.69, 9.17) is 11.5 Å². The number of hydrogen-bond acceptors (Lipinski definition) is 5. The molecule has 1 amide bonds. The number of nitrogens with two attached hydrogens (primary N) is 2. The van der Waals surface area contributed by atoms with E-state index < -0.39 is 6.04 Å². The molecule has 1 aliphatic rings. The Labute approximate surface area is 151 Å². The van der Waals surface area contributed by atoms with Gasteiger partial charge in [0.05, 0.1) is 6.04 Å². The zero-order valence-corrected chi connectivity index (χ0v) is 15.4. The van der Waals surface area contributed by atoms with Gasteiger partial charge in [-0.2, -0.15) is 0 Å². The SMILES string of the molecule is CCN1CCN(Cc2ccc(CNC(=O)C(N)CCCN)cc2)CC1. The van der Waals surface area contributed by atoms with Crippen molar-refractivity contribution in [2.24, 2.45) is 11.5 Å². The number of likely N-dealkylation sites (N-methyl/N-ethyl adjacent to an activating group) is 1. The van der Waals surface area contributed by atoms with Crippen LogP contribution in [0.15, 0.2) is 24.3 Å². The predicted octanol–water partition coefficient (Wildman–Crippen LogP) is 0.507. The van der Waals surface area contributed by atoms with Gasteiger partial charge in [0.25, 0.3) is 0 Å². The molecule has 0 radical (unpaired) electrons. The summed E-state index contributed by atoms with van der Waals surface area (Å²) in [6.07, 6.45) is 1.41.